The first-order chi connectivity index (χ1) is 9.49. The molecule has 0 unspecified atom stereocenters. The van der Waals surface area contributed by atoms with Crippen LogP contribution in [0.25, 0.3) is 11.1 Å². The number of aromatic amines is 1. The summed E-state index contributed by atoms with van der Waals surface area (Å²) in [4.78, 5) is 14.2. The van der Waals surface area contributed by atoms with Gasteiger partial charge in [0, 0.05) is 10.0 Å². The Bertz CT molecular complexity index is 840. The second kappa shape index (κ2) is 5.20. The summed E-state index contributed by atoms with van der Waals surface area (Å²) in [6, 6.07) is 9.16. The molecule has 0 spiro atoms. The number of aryl methyl sites for hydroxylation is 1. The van der Waals surface area contributed by atoms with E-state index in [-0.39, 0.29) is 22.5 Å². The van der Waals surface area contributed by atoms with E-state index >= 15 is 0 Å². The minimum Gasteiger partial charge on any atom is -0.384 e. The number of anilines is 1. The number of pyridine rings is 1. The van der Waals surface area contributed by atoms with E-state index < -0.39 is 5.56 Å². The number of aromatic nitrogens is 1. The predicted molar refractivity (Wildman–Crippen MR) is 78.8 cm³/mol. The third-order valence-corrected chi connectivity index (χ3v) is 3.42. The van der Waals surface area contributed by atoms with Crippen molar-refractivity contribution in [3.63, 3.8) is 0 Å². The molecule has 0 saturated carbocycles. The number of hydrogen-bond acceptors (Lipinski definition) is 4. The van der Waals surface area contributed by atoms with Gasteiger partial charge in [-0.25, -0.2) is 0 Å². The van der Waals surface area contributed by atoms with Gasteiger partial charge in [-0.2, -0.15) is 10.5 Å². The Morgan fingerprint density at radius 1 is 1.25 bits per heavy atom. The zero-order valence-corrected chi connectivity index (χ0v) is 12.1. The molecular formula is C14H9BrN4O. The Morgan fingerprint density at radius 2 is 1.90 bits per heavy atom. The Morgan fingerprint density at radius 3 is 2.45 bits per heavy atom. The summed E-state index contributed by atoms with van der Waals surface area (Å²) < 4.78 is 0.869. The topological polar surface area (TPSA) is 106 Å². The minimum absolute atomic E-state index is 0.0335. The third kappa shape index (κ3) is 2.18. The Labute approximate surface area is 123 Å². The van der Waals surface area contributed by atoms with Crippen LogP contribution in [-0.4, -0.2) is 4.98 Å². The van der Waals surface area contributed by atoms with Crippen molar-refractivity contribution >= 4 is 21.7 Å². The highest BCUT2D eigenvalue weighted by atomic mass is 79.9. The summed E-state index contributed by atoms with van der Waals surface area (Å²) in [5, 5.41) is 18.4. The molecule has 0 radical (unpaired) electrons. The van der Waals surface area contributed by atoms with Crippen LogP contribution in [0.15, 0.2) is 27.5 Å². The first kappa shape index (κ1) is 13.9. The number of hydrogen-bond donors (Lipinski definition) is 2. The van der Waals surface area contributed by atoms with E-state index in [1.807, 2.05) is 25.1 Å². The van der Waals surface area contributed by atoms with E-state index in [4.69, 9.17) is 5.73 Å². The molecule has 2 rings (SSSR count). The second-order valence-electron chi connectivity index (χ2n) is 4.18. The summed E-state index contributed by atoms with van der Waals surface area (Å²) >= 11 is 3.35. The maximum atomic E-state index is 11.8. The fraction of sp³-hybridized carbons (Fsp3) is 0.0714. The third-order valence-electron chi connectivity index (χ3n) is 2.93. The van der Waals surface area contributed by atoms with Crippen molar-refractivity contribution in [2.45, 2.75) is 6.92 Å². The van der Waals surface area contributed by atoms with Gasteiger partial charge in [-0.05, 0) is 30.2 Å². The molecule has 2 aromatic rings. The van der Waals surface area contributed by atoms with Gasteiger partial charge < -0.3 is 10.7 Å². The molecule has 0 atom stereocenters. The van der Waals surface area contributed by atoms with E-state index in [1.54, 1.807) is 12.1 Å². The number of nitrogen functional groups attached to an aromatic ring is 1. The van der Waals surface area contributed by atoms with Gasteiger partial charge in [0.15, 0.2) is 0 Å². The quantitative estimate of drug-likeness (QED) is 0.838. The normalized spacial score (nSPS) is 9.80. The molecule has 5 nitrogen and oxygen atoms in total. The summed E-state index contributed by atoms with van der Waals surface area (Å²) in [6.07, 6.45) is 0. The molecule has 6 heteroatoms. The lowest BCUT2D eigenvalue weighted by Crippen LogP contribution is -2.16. The van der Waals surface area contributed by atoms with Gasteiger partial charge >= 0.3 is 0 Å². The molecule has 1 aromatic carbocycles. The number of benzene rings is 1. The van der Waals surface area contributed by atoms with Gasteiger partial charge in [0.05, 0.1) is 0 Å². The summed E-state index contributed by atoms with van der Waals surface area (Å²) in [6.45, 7) is 1.83. The van der Waals surface area contributed by atoms with Crippen molar-refractivity contribution in [3.8, 4) is 23.3 Å². The number of H-pyrrole nitrogens is 1. The van der Waals surface area contributed by atoms with Crippen molar-refractivity contribution in [1.82, 2.24) is 4.98 Å². The molecule has 1 heterocycles. The van der Waals surface area contributed by atoms with Crippen molar-refractivity contribution in [2.24, 2.45) is 0 Å². The fourth-order valence-corrected chi connectivity index (χ4v) is 2.50. The molecular weight excluding hydrogens is 320 g/mol. The average molecular weight is 329 g/mol. The van der Waals surface area contributed by atoms with Crippen molar-refractivity contribution < 1.29 is 0 Å². The maximum Gasteiger partial charge on any atom is 0.268 e. The molecule has 1 aromatic heterocycles. The van der Waals surface area contributed by atoms with Crippen molar-refractivity contribution in [2.75, 3.05) is 5.73 Å². The van der Waals surface area contributed by atoms with Crippen LogP contribution in [0.1, 0.15) is 16.7 Å². The van der Waals surface area contributed by atoms with E-state index in [1.165, 1.54) is 0 Å². The largest absolute Gasteiger partial charge is 0.384 e. The number of nitrogens with two attached hydrogens (primary N) is 1. The second-order valence-corrected chi connectivity index (χ2v) is 5.09. The number of rotatable bonds is 1. The summed E-state index contributed by atoms with van der Waals surface area (Å²) in [7, 11) is 0. The minimum atomic E-state index is -0.596. The lowest BCUT2D eigenvalue weighted by molar-refractivity contribution is 1.21. The molecule has 0 aliphatic rings. The number of nitrogens with zero attached hydrogens (tertiary/aromatic N) is 2. The predicted octanol–water partition coefficient (Wildman–Crippen LogP) is 2.44. The van der Waals surface area contributed by atoms with Gasteiger partial charge in [-0.3, -0.25) is 4.79 Å². The van der Waals surface area contributed by atoms with Crippen LogP contribution in [0.5, 0.6) is 0 Å². The first-order valence-corrected chi connectivity index (χ1v) is 6.41. The number of halogens is 1. The summed E-state index contributed by atoms with van der Waals surface area (Å²) in [5.74, 6) is -0.0335. The number of nitrogens with one attached hydrogen (secondary N) is 1. The van der Waals surface area contributed by atoms with Crippen LogP contribution in [-0.2, 0) is 0 Å². The van der Waals surface area contributed by atoms with E-state index in [0.717, 1.165) is 10.0 Å². The molecule has 0 bridgehead atoms. The van der Waals surface area contributed by atoms with Gasteiger partial charge in [-0.15, -0.1) is 0 Å². The fourth-order valence-electron chi connectivity index (χ4n) is 2.02. The molecule has 0 amide bonds. The Hall–Kier alpha value is -2.57. The lowest BCUT2D eigenvalue weighted by Gasteiger charge is -2.11. The molecule has 0 aliphatic carbocycles. The van der Waals surface area contributed by atoms with E-state index in [0.29, 0.717) is 5.56 Å². The van der Waals surface area contributed by atoms with Crippen molar-refractivity contribution in [3.05, 3.63) is 49.7 Å². The molecule has 0 fully saturated rings. The van der Waals surface area contributed by atoms with Gasteiger partial charge in [-0.1, -0.05) is 22.0 Å². The zero-order chi connectivity index (χ0) is 14.9. The van der Waals surface area contributed by atoms with Crippen LogP contribution >= 0.6 is 15.9 Å². The van der Waals surface area contributed by atoms with Crippen LogP contribution in [0.3, 0.4) is 0 Å². The maximum absolute atomic E-state index is 11.8. The highest BCUT2D eigenvalue weighted by Crippen LogP contribution is 2.31. The van der Waals surface area contributed by atoms with Crippen LogP contribution in [0.2, 0.25) is 0 Å². The van der Waals surface area contributed by atoms with Crippen LogP contribution in [0, 0.1) is 29.6 Å². The number of nitriles is 2. The van der Waals surface area contributed by atoms with Crippen LogP contribution < -0.4 is 11.3 Å². The van der Waals surface area contributed by atoms with Crippen molar-refractivity contribution in [1.29, 1.82) is 10.5 Å². The molecule has 0 aliphatic heterocycles. The van der Waals surface area contributed by atoms with Crippen LogP contribution in [0.4, 0.5) is 5.82 Å². The summed E-state index contributed by atoms with van der Waals surface area (Å²) in [5.41, 5.74) is 6.82. The molecule has 20 heavy (non-hydrogen) atoms. The SMILES string of the molecule is Cc1cc(Br)ccc1-c1c(C#N)c(N)[nH]c(=O)c1C#N. The Kier molecular flexibility index (Phi) is 3.60. The average Bonchev–Trinajstić information content (AvgIpc) is 2.38. The van der Waals surface area contributed by atoms with Gasteiger partial charge in [0.2, 0.25) is 0 Å². The molecule has 98 valence electrons. The van der Waals surface area contributed by atoms with Gasteiger partial charge in [0.1, 0.15) is 29.1 Å². The molecule has 0 saturated heterocycles. The Balaban J connectivity index is 2.97. The highest BCUT2D eigenvalue weighted by Gasteiger charge is 2.19. The smallest absolute Gasteiger partial charge is 0.268 e. The van der Waals surface area contributed by atoms with E-state index in [9.17, 15) is 15.3 Å². The standard InChI is InChI=1S/C14H9BrN4O/c1-7-4-8(15)2-3-9(7)12-10(5-16)13(18)19-14(20)11(12)6-17/h2-4H,1H3,(H3,18,19,20). The zero-order valence-electron chi connectivity index (χ0n) is 10.5. The lowest BCUT2D eigenvalue weighted by atomic mass is 9.93. The monoisotopic (exact) mass is 328 g/mol. The first-order valence-electron chi connectivity index (χ1n) is 5.62. The van der Waals surface area contributed by atoms with Gasteiger partial charge in [0.25, 0.3) is 5.56 Å². The highest BCUT2D eigenvalue weighted by molar-refractivity contribution is 9.10. The molecule has 3 N–H and O–H groups in total. The van der Waals surface area contributed by atoms with E-state index in [2.05, 4.69) is 20.9 Å².